The number of nitrogens with one attached hydrogen (secondary N) is 1. The van der Waals surface area contributed by atoms with Crippen LogP contribution in [0.3, 0.4) is 0 Å². The smallest absolute Gasteiger partial charge is 0.305 e. The van der Waals surface area contributed by atoms with Gasteiger partial charge in [0.05, 0.1) is 6.42 Å². The molecule has 1 saturated carbocycles. The number of carbonyl (C=O) groups excluding carboxylic acids is 1. The highest BCUT2D eigenvalue weighted by atomic mass is 19.1. The average molecular weight is 277 g/mol. The van der Waals surface area contributed by atoms with Crippen LogP contribution in [0, 0.1) is 11.7 Å². The van der Waals surface area contributed by atoms with Gasteiger partial charge in [0, 0.05) is 12.1 Å². The zero-order chi connectivity index (χ0) is 14.5. The standard InChI is InChI=1S/C15H16FNO3/c16-12-3-1-2-10(8-12)4-7-14(18)17-13(9-15(19)20)11-5-6-11/h1-4,7-8,11,13H,5-6,9H2,(H,17,18)(H,19,20)/b7-4+. The minimum atomic E-state index is -0.920. The minimum Gasteiger partial charge on any atom is -0.481 e. The molecular weight excluding hydrogens is 261 g/mol. The first kappa shape index (κ1) is 14.2. The van der Waals surface area contributed by atoms with Gasteiger partial charge in [-0.05, 0) is 42.5 Å². The molecule has 1 fully saturated rings. The van der Waals surface area contributed by atoms with Crippen molar-refractivity contribution in [3.05, 3.63) is 41.7 Å². The summed E-state index contributed by atoms with van der Waals surface area (Å²) in [4.78, 5) is 22.5. The van der Waals surface area contributed by atoms with Gasteiger partial charge in [-0.1, -0.05) is 12.1 Å². The fraction of sp³-hybridized carbons (Fsp3) is 0.333. The van der Waals surface area contributed by atoms with E-state index in [9.17, 15) is 14.0 Å². The van der Waals surface area contributed by atoms with Crippen LogP contribution in [0.4, 0.5) is 4.39 Å². The van der Waals surface area contributed by atoms with E-state index in [4.69, 9.17) is 5.11 Å². The number of aliphatic carboxylic acids is 1. The molecule has 1 amide bonds. The summed E-state index contributed by atoms with van der Waals surface area (Å²) in [6.45, 7) is 0. The maximum Gasteiger partial charge on any atom is 0.305 e. The van der Waals surface area contributed by atoms with Crippen LogP contribution in [0.5, 0.6) is 0 Å². The second-order valence-electron chi connectivity index (χ2n) is 4.94. The first-order valence-corrected chi connectivity index (χ1v) is 6.50. The molecule has 1 atom stereocenters. The van der Waals surface area contributed by atoms with E-state index in [1.54, 1.807) is 12.1 Å². The van der Waals surface area contributed by atoms with Gasteiger partial charge in [-0.3, -0.25) is 9.59 Å². The van der Waals surface area contributed by atoms with Crippen LogP contribution in [0.15, 0.2) is 30.3 Å². The predicted molar refractivity (Wildman–Crippen MR) is 72.3 cm³/mol. The Morgan fingerprint density at radius 1 is 1.45 bits per heavy atom. The van der Waals surface area contributed by atoms with Crippen LogP contribution >= 0.6 is 0 Å². The third-order valence-electron chi connectivity index (χ3n) is 3.19. The van der Waals surface area contributed by atoms with Gasteiger partial charge >= 0.3 is 5.97 Å². The van der Waals surface area contributed by atoms with E-state index in [2.05, 4.69) is 5.32 Å². The van der Waals surface area contributed by atoms with E-state index in [1.807, 2.05) is 0 Å². The molecular formula is C15H16FNO3. The molecule has 1 aromatic rings. The van der Waals surface area contributed by atoms with Gasteiger partial charge in [0.15, 0.2) is 0 Å². The molecule has 0 heterocycles. The van der Waals surface area contributed by atoms with Crippen LogP contribution in [-0.4, -0.2) is 23.0 Å². The summed E-state index contributed by atoms with van der Waals surface area (Å²) in [5, 5.41) is 11.5. The number of carboxylic acids is 1. The quantitative estimate of drug-likeness (QED) is 0.783. The van der Waals surface area contributed by atoms with Crippen molar-refractivity contribution in [2.45, 2.75) is 25.3 Å². The van der Waals surface area contributed by atoms with Crippen LogP contribution in [0.1, 0.15) is 24.8 Å². The average Bonchev–Trinajstić information content (AvgIpc) is 3.19. The Morgan fingerprint density at radius 2 is 2.20 bits per heavy atom. The van der Waals surface area contributed by atoms with Gasteiger partial charge in [-0.2, -0.15) is 0 Å². The minimum absolute atomic E-state index is 0.0653. The number of hydrogen-bond donors (Lipinski definition) is 2. The lowest BCUT2D eigenvalue weighted by molar-refractivity contribution is -0.137. The third kappa shape index (κ3) is 4.50. The number of rotatable bonds is 6. The molecule has 20 heavy (non-hydrogen) atoms. The van der Waals surface area contributed by atoms with Crippen molar-refractivity contribution < 1.29 is 19.1 Å². The fourth-order valence-corrected chi connectivity index (χ4v) is 2.04. The molecule has 5 heteroatoms. The second-order valence-corrected chi connectivity index (χ2v) is 4.94. The SMILES string of the molecule is O=C(O)CC(NC(=O)/C=C/c1cccc(F)c1)C1CC1. The summed E-state index contributed by atoms with van der Waals surface area (Å²) in [6, 6.07) is 5.57. The molecule has 0 aromatic heterocycles. The Bertz CT molecular complexity index is 538. The zero-order valence-corrected chi connectivity index (χ0v) is 10.9. The van der Waals surface area contributed by atoms with Crippen molar-refractivity contribution >= 4 is 18.0 Å². The van der Waals surface area contributed by atoms with Gasteiger partial charge in [0.2, 0.25) is 5.91 Å². The van der Waals surface area contributed by atoms with Crippen LogP contribution < -0.4 is 5.32 Å². The normalized spacial score (nSPS) is 16.1. The number of halogens is 1. The number of hydrogen-bond acceptors (Lipinski definition) is 2. The Hall–Kier alpha value is -2.17. The lowest BCUT2D eigenvalue weighted by Gasteiger charge is -2.14. The highest BCUT2D eigenvalue weighted by molar-refractivity contribution is 5.92. The molecule has 1 unspecified atom stereocenters. The van der Waals surface area contributed by atoms with Crippen molar-refractivity contribution in [3.63, 3.8) is 0 Å². The Kier molecular flexibility index (Phi) is 4.50. The summed E-state index contributed by atoms with van der Waals surface area (Å²) in [5.74, 6) is -1.38. The molecule has 2 rings (SSSR count). The molecule has 106 valence electrons. The van der Waals surface area contributed by atoms with E-state index in [0.29, 0.717) is 5.56 Å². The Balaban J connectivity index is 1.92. The topological polar surface area (TPSA) is 66.4 Å². The molecule has 0 bridgehead atoms. The maximum absolute atomic E-state index is 13.0. The number of carbonyl (C=O) groups is 2. The highest BCUT2D eigenvalue weighted by Gasteiger charge is 2.33. The van der Waals surface area contributed by atoms with E-state index >= 15 is 0 Å². The third-order valence-corrected chi connectivity index (χ3v) is 3.19. The summed E-state index contributed by atoms with van der Waals surface area (Å²) < 4.78 is 13.0. The molecule has 0 saturated heterocycles. The second kappa shape index (κ2) is 6.32. The van der Waals surface area contributed by atoms with Crippen molar-refractivity contribution in [2.24, 2.45) is 5.92 Å². The van der Waals surface area contributed by atoms with Crippen molar-refractivity contribution in [3.8, 4) is 0 Å². The van der Waals surface area contributed by atoms with Gasteiger partial charge in [-0.15, -0.1) is 0 Å². The summed E-state index contributed by atoms with van der Waals surface area (Å²) >= 11 is 0. The molecule has 0 radical (unpaired) electrons. The van der Waals surface area contributed by atoms with Gasteiger partial charge in [0.25, 0.3) is 0 Å². The molecule has 1 aliphatic carbocycles. The molecule has 1 aromatic carbocycles. The molecule has 0 aliphatic heterocycles. The van der Waals surface area contributed by atoms with E-state index in [1.165, 1.54) is 24.3 Å². The number of amides is 1. The van der Waals surface area contributed by atoms with Crippen LogP contribution in [-0.2, 0) is 9.59 Å². The van der Waals surface area contributed by atoms with E-state index in [0.717, 1.165) is 12.8 Å². The number of benzene rings is 1. The molecule has 2 N–H and O–H groups in total. The first-order valence-electron chi connectivity index (χ1n) is 6.50. The molecule has 1 aliphatic rings. The summed E-state index contributed by atoms with van der Waals surface area (Å²) in [5.41, 5.74) is 0.585. The Morgan fingerprint density at radius 3 is 2.80 bits per heavy atom. The number of carboxylic acid groups (broad SMARTS) is 1. The summed E-state index contributed by atoms with van der Waals surface area (Å²) in [7, 11) is 0. The van der Waals surface area contributed by atoms with Gasteiger partial charge < -0.3 is 10.4 Å². The molecule has 4 nitrogen and oxygen atoms in total. The predicted octanol–water partition coefficient (Wildman–Crippen LogP) is 2.21. The van der Waals surface area contributed by atoms with Crippen molar-refractivity contribution in [1.29, 1.82) is 0 Å². The van der Waals surface area contributed by atoms with Crippen LogP contribution in [0.2, 0.25) is 0 Å². The van der Waals surface area contributed by atoms with Crippen molar-refractivity contribution in [2.75, 3.05) is 0 Å². The van der Waals surface area contributed by atoms with E-state index < -0.39 is 5.97 Å². The van der Waals surface area contributed by atoms with E-state index in [-0.39, 0.29) is 30.1 Å². The van der Waals surface area contributed by atoms with Gasteiger partial charge in [-0.25, -0.2) is 4.39 Å². The van der Waals surface area contributed by atoms with Crippen molar-refractivity contribution in [1.82, 2.24) is 5.32 Å². The Labute approximate surface area is 116 Å². The zero-order valence-electron chi connectivity index (χ0n) is 10.9. The first-order chi connectivity index (χ1) is 9.54. The summed E-state index contributed by atoms with van der Waals surface area (Å²) in [6.07, 6.45) is 4.64. The highest BCUT2D eigenvalue weighted by Crippen LogP contribution is 2.34. The van der Waals surface area contributed by atoms with Gasteiger partial charge in [0.1, 0.15) is 5.82 Å². The lowest BCUT2D eigenvalue weighted by Crippen LogP contribution is -2.37. The van der Waals surface area contributed by atoms with Crippen LogP contribution in [0.25, 0.3) is 6.08 Å². The maximum atomic E-state index is 13.0. The monoisotopic (exact) mass is 277 g/mol. The fourth-order valence-electron chi connectivity index (χ4n) is 2.04. The lowest BCUT2D eigenvalue weighted by atomic mass is 10.1. The molecule has 0 spiro atoms. The largest absolute Gasteiger partial charge is 0.481 e.